The van der Waals surface area contributed by atoms with Gasteiger partial charge in [-0.2, -0.15) is 0 Å². The lowest BCUT2D eigenvalue weighted by Crippen LogP contribution is -2.56. The molecule has 0 spiro atoms. The highest BCUT2D eigenvalue weighted by atomic mass is 16.5. The van der Waals surface area contributed by atoms with Gasteiger partial charge in [-0.3, -0.25) is 19.8 Å². The number of methoxy groups -OCH3 is 2. The second-order valence-corrected chi connectivity index (χ2v) is 17.0. The van der Waals surface area contributed by atoms with E-state index in [0.717, 1.165) is 94.2 Å². The van der Waals surface area contributed by atoms with Gasteiger partial charge in [-0.15, -0.1) is 10.2 Å². The lowest BCUT2D eigenvalue weighted by Gasteiger charge is -2.52. The van der Waals surface area contributed by atoms with Gasteiger partial charge in [0, 0.05) is 47.4 Å². The third-order valence-electron chi connectivity index (χ3n) is 14.3. The van der Waals surface area contributed by atoms with E-state index in [1.165, 1.54) is 25.7 Å². The molecule has 3 unspecified atom stereocenters. The lowest BCUT2D eigenvalue weighted by molar-refractivity contribution is -0.0505. The van der Waals surface area contributed by atoms with E-state index < -0.39 is 0 Å². The number of ether oxygens (including phenoxy) is 4. The average molecular weight is 779 g/mol. The molecule has 0 saturated carbocycles. The monoisotopic (exact) mass is 778 g/mol. The van der Waals surface area contributed by atoms with E-state index in [0.29, 0.717) is 35.4 Å². The van der Waals surface area contributed by atoms with Crippen molar-refractivity contribution in [2.75, 3.05) is 40.4 Å². The summed E-state index contributed by atoms with van der Waals surface area (Å²) in [6.07, 6.45) is 10.2. The second-order valence-electron chi connectivity index (χ2n) is 17.0. The number of hydrogen-bond acceptors (Lipinski definition) is 10. The molecule has 6 fully saturated rings. The number of nitrogens with zero attached hydrogens (tertiary/aromatic N) is 6. The first-order valence-corrected chi connectivity index (χ1v) is 21.5. The van der Waals surface area contributed by atoms with Gasteiger partial charge >= 0.3 is 0 Å². The van der Waals surface area contributed by atoms with Crippen LogP contribution in [0.4, 0.5) is 0 Å². The van der Waals surface area contributed by atoms with Crippen molar-refractivity contribution >= 4 is 32.6 Å². The summed E-state index contributed by atoms with van der Waals surface area (Å²) in [5.74, 6) is 5.39. The summed E-state index contributed by atoms with van der Waals surface area (Å²) in [7, 11) is 3.42. The molecule has 0 N–H and O–H groups in total. The number of benzene rings is 3. The van der Waals surface area contributed by atoms with Crippen LogP contribution in [0.5, 0.6) is 23.3 Å². The Bertz CT molecular complexity index is 2280. The fourth-order valence-electron chi connectivity index (χ4n) is 11.1. The van der Waals surface area contributed by atoms with Gasteiger partial charge < -0.3 is 18.9 Å². The van der Waals surface area contributed by atoms with E-state index >= 15 is 0 Å². The van der Waals surface area contributed by atoms with Gasteiger partial charge in [0.15, 0.2) is 0 Å². The Labute approximate surface area is 340 Å². The Morgan fingerprint density at radius 1 is 0.603 bits per heavy atom. The molecule has 6 aromatic rings. The fraction of sp³-hybridized carbons (Fsp3) is 0.458. The van der Waals surface area contributed by atoms with E-state index in [2.05, 4.69) is 72.2 Å². The minimum atomic E-state index is -0.300. The van der Waals surface area contributed by atoms with E-state index in [4.69, 9.17) is 39.1 Å². The van der Waals surface area contributed by atoms with E-state index in [1.54, 1.807) is 14.2 Å². The Morgan fingerprint density at radius 2 is 1.07 bits per heavy atom. The van der Waals surface area contributed by atoms with Crippen molar-refractivity contribution in [2.45, 2.75) is 76.7 Å². The molecule has 300 valence electrons. The van der Waals surface area contributed by atoms with Crippen molar-refractivity contribution < 1.29 is 18.9 Å². The number of aromatic nitrogens is 4. The van der Waals surface area contributed by atoms with E-state index in [-0.39, 0.29) is 24.3 Å². The first kappa shape index (κ1) is 37.2. The fourth-order valence-corrected chi connectivity index (χ4v) is 11.1. The predicted octanol–water partition coefficient (Wildman–Crippen LogP) is 9.22. The molecular weight excluding hydrogens is 725 g/mol. The minimum absolute atomic E-state index is 0.180. The summed E-state index contributed by atoms with van der Waals surface area (Å²) in [6, 6.07) is 25.1. The molecule has 12 rings (SSSR count). The first-order chi connectivity index (χ1) is 28.5. The van der Waals surface area contributed by atoms with Crippen molar-refractivity contribution in [1.82, 2.24) is 30.0 Å². The summed E-state index contributed by atoms with van der Waals surface area (Å²) in [4.78, 5) is 14.8. The maximum Gasteiger partial charge on any atom is 0.242 e. The molecule has 0 amide bonds. The predicted molar refractivity (Wildman–Crippen MR) is 227 cm³/mol. The van der Waals surface area contributed by atoms with Crippen LogP contribution in [0.25, 0.3) is 32.6 Å². The molecular formula is C48H54N6O4. The summed E-state index contributed by atoms with van der Waals surface area (Å²) < 4.78 is 26.0. The molecule has 4 bridgehead atoms. The summed E-state index contributed by atoms with van der Waals surface area (Å²) in [5.41, 5.74) is 4.01. The molecule has 6 aliphatic rings. The summed E-state index contributed by atoms with van der Waals surface area (Å²) >= 11 is 0. The standard InChI is InChI=1S/C48H54N6O4/c1-5-29-27-53-21-17-31(29)23-43(53)45(35-15-19-49-41-13-11-33(55-3)25-39(35)41)57-47-37-9-7-8-10-38(37)48(52-51-47)58-46(44-24-32-18-22-54(44)28-30(32)6-2)36-16-20-50-42-14-12-34(56-4)26-40(36)42/h7-16,19-20,25-26,29-32,43-46H,5-6,17-18,21-24,27-28H2,1-4H3/t29-,30-,31-,32-,43+,44+,45-,46?/m0/s1. The van der Waals surface area contributed by atoms with Gasteiger partial charge in [-0.1, -0.05) is 38.8 Å². The highest BCUT2D eigenvalue weighted by Crippen LogP contribution is 2.47. The van der Waals surface area contributed by atoms with Crippen molar-refractivity contribution in [3.05, 3.63) is 96.3 Å². The van der Waals surface area contributed by atoms with Gasteiger partial charge in [0.1, 0.15) is 23.7 Å². The molecule has 6 saturated heterocycles. The maximum absolute atomic E-state index is 7.30. The smallest absolute Gasteiger partial charge is 0.242 e. The third-order valence-corrected chi connectivity index (χ3v) is 14.3. The van der Waals surface area contributed by atoms with Crippen molar-refractivity contribution in [3.63, 3.8) is 0 Å². The molecule has 58 heavy (non-hydrogen) atoms. The van der Waals surface area contributed by atoms with Gasteiger partial charge in [-0.25, -0.2) is 0 Å². The Kier molecular flexibility index (Phi) is 10.0. The lowest BCUT2D eigenvalue weighted by atomic mass is 9.72. The molecule has 0 radical (unpaired) electrons. The zero-order valence-corrected chi connectivity index (χ0v) is 34.1. The minimum Gasteiger partial charge on any atom is -0.497 e. The Morgan fingerprint density at radius 3 is 1.47 bits per heavy atom. The first-order valence-electron chi connectivity index (χ1n) is 21.5. The van der Waals surface area contributed by atoms with Crippen LogP contribution in [0.3, 0.4) is 0 Å². The molecule has 6 aliphatic heterocycles. The summed E-state index contributed by atoms with van der Waals surface area (Å²) in [6.45, 7) is 9.00. The van der Waals surface area contributed by atoms with Crippen LogP contribution in [0.2, 0.25) is 0 Å². The molecule has 3 aromatic heterocycles. The second kappa shape index (κ2) is 15.6. The molecule has 9 heterocycles. The Balaban J connectivity index is 1.06. The zero-order chi connectivity index (χ0) is 39.3. The highest BCUT2D eigenvalue weighted by Gasteiger charge is 2.46. The van der Waals surface area contributed by atoms with Gasteiger partial charge in [0.05, 0.1) is 48.1 Å². The number of rotatable bonds is 12. The van der Waals surface area contributed by atoms with Crippen LogP contribution in [0.15, 0.2) is 85.2 Å². The number of pyridine rings is 2. The van der Waals surface area contributed by atoms with Gasteiger partial charge in [0.25, 0.3) is 0 Å². The maximum atomic E-state index is 7.30. The topological polar surface area (TPSA) is 95.0 Å². The number of piperidine rings is 6. The average Bonchev–Trinajstić information content (AvgIpc) is 3.29. The molecule has 0 aliphatic carbocycles. The largest absolute Gasteiger partial charge is 0.497 e. The molecule has 10 atom stereocenters. The van der Waals surface area contributed by atoms with Crippen LogP contribution in [0.1, 0.15) is 75.7 Å². The van der Waals surface area contributed by atoms with Crippen LogP contribution in [-0.4, -0.2) is 82.4 Å². The van der Waals surface area contributed by atoms with Crippen LogP contribution in [-0.2, 0) is 0 Å². The summed E-state index contributed by atoms with van der Waals surface area (Å²) in [5, 5.41) is 13.7. The van der Waals surface area contributed by atoms with Crippen LogP contribution < -0.4 is 18.9 Å². The SMILES string of the molecule is CC[C@H]1CN2CC[C@H]1C[C@@H]2C(Oc1nnc(O[C@@H](c2ccnc3ccc(OC)cc23)[C@H]2C[C@@H]3CCN2C[C@@H]3CC)c2ccccc12)c1ccnc2ccc(OC)cc12. The van der Waals surface area contributed by atoms with Crippen LogP contribution in [0, 0.1) is 23.7 Å². The highest BCUT2D eigenvalue weighted by molar-refractivity contribution is 5.91. The Hall–Kier alpha value is -5.06. The normalized spacial score (nSPS) is 27.4. The van der Waals surface area contributed by atoms with E-state index in [1.807, 2.05) is 36.7 Å². The number of fused-ring (bicyclic) bond motifs is 9. The third kappa shape index (κ3) is 6.58. The number of hydrogen-bond donors (Lipinski definition) is 0. The van der Waals surface area contributed by atoms with Crippen molar-refractivity contribution in [1.29, 1.82) is 0 Å². The van der Waals surface area contributed by atoms with Crippen molar-refractivity contribution in [3.8, 4) is 23.3 Å². The van der Waals surface area contributed by atoms with E-state index in [9.17, 15) is 0 Å². The van der Waals surface area contributed by atoms with Gasteiger partial charge in [0.2, 0.25) is 11.8 Å². The van der Waals surface area contributed by atoms with Gasteiger partial charge in [-0.05, 0) is 123 Å². The molecule has 3 aromatic carbocycles. The van der Waals surface area contributed by atoms with Crippen molar-refractivity contribution in [2.24, 2.45) is 23.7 Å². The molecule has 10 nitrogen and oxygen atoms in total. The van der Waals surface area contributed by atoms with Crippen LogP contribution >= 0.6 is 0 Å². The molecule has 10 heteroatoms. The zero-order valence-electron chi connectivity index (χ0n) is 34.1. The quantitative estimate of drug-likeness (QED) is 0.120.